The molecule has 1 aliphatic rings. The Morgan fingerprint density at radius 1 is 1.11 bits per heavy atom. The van der Waals surface area contributed by atoms with E-state index in [2.05, 4.69) is 29.6 Å². The molecule has 1 unspecified atom stereocenters. The third-order valence-corrected chi connectivity index (χ3v) is 3.76. The molecule has 1 atom stereocenters. The van der Waals surface area contributed by atoms with Crippen molar-refractivity contribution in [3.63, 3.8) is 0 Å². The van der Waals surface area contributed by atoms with E-state index in [-0.39, 0.29) is 6.04 Å². The number of rotatable bonds is 9. The summed E-state index contributed by atoms with van der Waals surface area (Å²) in [6.45, 7) is 2.28. The molecular formula is C16H26N2. The van der Waals surface area contributed by atoms with E-state index in [1.54, 1.807) is 0 Å². The fourth-order valence-electron chi connectivity index (χ4n) is 2.36. The molecule has 0 bridgehead atoms. The van der Waals surface area contributed by atoms with Gasteiger partial charge in [0.25, 0.3) is 0 Å². The summed E-state index contributed by atoms with van der Waals surface area (Å²) >= 11 is 0. The third kappa shape index (κ3) is 5.19. The molecule has 0 heterocycles. The highest BCUT2D eigenvalue weighted by Gasteiger charge is 2.19. The van der Waals surface area contributed by atoms with Gasteiger partial charge in [-0.15, -0.1) is 0 Å². The van der Waals surface area contributed by atoms with Crippen LogP contribution >= 0.6 is 0 Å². The zero-order chi connectivity index (χ0) is 12.6. The van der Waals surface area contributed by atoms with Gasteiger partial charge in [-0.2, -0.15) is 0 Å². The summed E-state index contributed by atoms with van der Waals surface area (Å²) in [4.78, 5) is 0. The van der Waals surface area contributed by atoms with Gasteiger partial charge in [0, 0.05) is 6.04 Å². The van der Waals surface area contributed by atoms with Gasteiger partial charge in [0.1, 0.15) is 0 Å². The molecule has 1 saturated carbocycles. The van der Waals surface area contributed by atoms with Crippen molar-refractivity contribution in [2.45, 2.75) is 44.6 Å². The Bertz CT molecular complexity index is 319. The first kappa shape index (κ1) is 13.6. The summed E-state index contributed by atoms with van der Waals surface area (Å²) in [6, 6.07) is 10.6. The van der Waals surface area contributed by atoms with Gasteiger partial charge in [0.2, 0.25) is 0 Å². The minimum Gasteiger partial charge on any atom is -0.324 e. The lowest BCUT2D eigenvalue weighted by atomic mass is 10.0. The Kier molecular flexibility index (Phi) is 5.69. The van der Waals surface area contributed by atoms with Crippen LogP contribution in [0.3, 0.4) is 0 Å². The maximum absolute atomic E-state index is 6.16. The Hall–Kier alpha value is -0.860. The summed E-state index contributed by atoms with van der Waals surface area (Å²) in [7, 11) is 0. The molecule has 100 valence electrons. The minimum absolute atomic E-state index is 0.194. The average Bonchev–Trinajstić information content (AvgIpc) is 3.22. The van der Waals surface area contributed by atoms with E-state index >= 15 is 0 Å². The van der Waals surface area contributed by atoms with Crippen LogP contribution in [0, 0.1) is 5.92 Å². The van der Waals surface area contributed by atoms with Gasteiger partial charge in [0.15, 0.2) is 0 Å². The summed E-state index contributed by atoms with van der Waals surface area (Å²) in [5.41, 5.74) is 7.41. The number of nitrogens with one attached hydrogen (secondary N) is 1. The molecule has 1 aliphatic carbocycles. The monoisotopic (exact) mass is 246 g/mol. The first-order valence-corrected chi connectivity index (χ1v) is 7.37. The zero-order valence-electron chi connectivity index (χ0n) is 11.3. The predicted octanol–water partition coefficient (Wildman–Crippen LogP) is 3.25. The van der Waals surface area contributed by atoms with Crippen molar-refractivity contribution in [1.29, 1.82) is 0 Å². The molecule has 1 aromatic rings. The fraction of sp³-hybridized carbons (Fsp3) is 0.625. The van der Waals surface area contributed by atoms with Crippen LogP contribution in [0.4, 0.5) is 0 Å². The lowest BCUT2D eigenvalue weighted by Crippen LogP contribution is -2.19. The molecule has 2 nitrogen and oxygen atoms in total. The van der Waals surface area contributed by atoms with Crippen LogP contribution in [0.15, 0.2) is 30.3 Å². The van der Waals surface area contributed by atoms with Crippen LogP contribution in [-0.2, 0) is 0 Å². The molecule has 3 N–H and O–H groups in total. The molecule has 0 saturated heterocycles. The molecule has 0 aromatic heterocycles. The largest absolute Gasteiger partial charge is 0.324 e. The molecule has 0 spiro atoms. The van der Waals surface area contributed by atoms with Crippen molar-refractivity contribution >= 4 is 0 Å². The average molecular weight is 246 g/mol. The summed E-state index contributed by atoms with van der Waals surface area (Å²) in [5.74, 6) is 1.07. The third-order valence-electron chi connectivity index (χ3n) is 3.76. The molecule has 1 fully saturated rings. The SMILES string of the molecule is NC(CCCNCCCC1CC1)c1ccccc1. The van der Waals surface area contributed by atoms with E-state index in [4.69, 9.17) is 5.73 Å². The van der Waals surface area contributed by atoms with Crippen molar-refractivity contribution in [2.24, 2.45) is 11.7 Å². The molecule has 0 radical (unpaired) electrons. The first-order chi connectivity index (χ1) is 8.86. The second-order valence-electron chi connectivity index (χ2n) is 5.50. The van der Waals surface area contributed by atoms with Crippen LogP contribution in [-0.4, -0.2) is 13.1 Å². The van der Waals surface area contributed by atoms with E-state index in [1.807, 2.05) is 6.07 Å². The van der Waals surface area contributed by atoms with E-state index in [0.29, 0.717) is 0 Å². The van der Waals surface area contributed by atoms with E-state index in [9.17, 15) is 0 Å². The van der Waals surface area contributed by atoms with Gasteiger partial charge in [-0.1, -0.05) is 43.2 Å². The van der Waals surface area contributed by atoms with Crippen molar-refractivity contribution < 1.29 is 0 Å². The second kappa shape index (κ2) is 7.55. The Morgan fingerprint density at radius 3 is 2.56 bits per heavy atom. The quantitative estimate of drug-likeness (QED) is 0.656. The van der Waals surface area contributed by atoms with Gasteiger partial charge in [-0.25, -0.2) is 0 Å². The molecule has 1 aromatic carbocycles. The Balaban J connectivity index is 1.47. The van der Waals surface area contributed by atoms with Crippen molar-refractivity contribution in [1.82, 2.24) is 5.32 Å². The van der Waals surface area contributed by atoms with Gasteiger partial charge >= 0.3 is 0 Å². The molecule has 2 rings (SSSR count). The predicted molar refractivity (Wildman–Crippen MR) is 77.4 cm³/mol. The van der Waals surface area contributed by atoms with E-state index < -0.39 is 0 Å². The number of nitrogens with two attached hydrogens (primary N) is 1. The normalized spacial score (nSPS) is 16.7. The Labute approximate surface area is 111 Å². The Morgan fingerprint density at radius 2 is 1.83 bits per heavy atom. The number of hydrogen-bond donors (Lipinski definition) is 2. The van der Waals surface area contributed by atoms with Crippen molar-refractivity contribution in [2.75, 3.05) is 13.1 Å². The molecule has 18 heavy (non-hydrogen) atoms. The van der Waals surface area contributed by atoms with E-state index in [1.165, 1.54) is 44.2 Å². The van der Waals surface area contributed by atoms with Crippen LogP contribution in [0.2, 0.25) is 0 Å². The topological polar surface area (TPSA) is 38.0 Å². The van der Waals surface area contributed by atoms with Gasteiger partial charge < -0.3 is 11.1 Å². The van der Waals surface area contributed by atoms with Gasteiger partial charge in [-0.3, -0.25) is 0 Å². The zero-order valence-corrected chi connectivity index (χ0v) is 11.3. The minimum atomic E-state index is 0.194. The van der Waals surface area contributed by atoms with Crippen LogP contribution in [0.25, 0.3) is 0 Å². The van der Waals surface area contributed by atoms with E-state index in [0.717, 1.165) is 18.9 Å². The summed E-state index contributed by atoms with van der Waals surface area (Å²) in [5, 5.41) is 3.52. The van der Waals surface area contributed by atoms with Crippen LogP contribution in [0.5, 0.6) is 0 Å². The second-order valence-corrected chi connectivity index (χ2v) is 5.50. The standard InChI is InChI=1S/C16H26N2/c17-16(15-7-2-1-3-8-15)9-5-13-18-12-4-6-14-10-11-14/h1-3,7-8,14,16,18H,4-6,9-13,17H2. The summed E-state index contributed by atoms with van der Waals surface area (Å²) in [6.07, 6.45) is 7.96. The van der Waals surface area contributed by atoms with Crippen molar-refractivity contribution in [3.05, 3.63) is 35.9 Å². The number of benzene rings is 1. The first-order valence-electron chi connectivity index (χ1n) is 7.37. The lowest BCUT2D eigenvalue weighted by molar-refractivity contribution is 0.544. The maximum Gasteiger partial charge on any atom is 0.0295 e. The summed E-state index contributed by atoms with van der Waals surface area (Å²) < 4.78 is 0. The maximum atomic E-state index is 6.16. The highest BCUT2D eigenvalue weighted by molar-refractivity contribution is 5.18. The highest BCUT2D eigenvalue weighted by Crippen LogP contribution is 2.33. The van der Waals surface area contributed by atoms with Crippen LogP contribution in [0.1, 0.15) is 50.1 Å². The van der Waals surface area contributed by atoms with Gasteiger partial charge in [0.05, 0.1) is 0 Å². The lowest BCUT2D eigenvalue weighted by Gasteiger charge is -2.12. The van der Waals surface area contributed by atoms with Gasteiger partial charge in [-0.05, 0) is 50.3 Å². The molecule has 0 amide bonds. The smallest absolute Gasteiger partial charge is 0.0295 e. The fourth-order valence-corrected chi connectivity index (χ4v) is 2.36. The molecular weight excluding hydrogens is 220 g/mol. The number of hydrogen-bond acceptors (Lipinski definition) is 2. The highest BCUT2D eigenvalue weighted by atomic mass is 14.8. The molecule has 2 heteroatoms. The van der Waals surface area contributed by atoms with Crippen molar-refractivity contribution in [3.8, 4) is 0 Å². The molecule has 0 aliphatic heterocycles. The van der Waals surface area contributed by atoms with Crippen LogP contribution < -0.4 is 11.1 Å².